The molecule has 2 aromatic heterocycles. The van der Waals surface area contributed by atoms with Crippen LogP contribution < -0.4 is 15.6 Å². The first-order valence-corrected chi connectivity index (χ1v) is 12.1. The van der Waals surface area contributed by atoms with Crippen LogP contribution in [0.3, 0.4) is 0 Å². The highest BCUT2D eigenvalue weighted by atomic mass is 19.4. The van der Waals surface area contributed by atoms with E-state index in [0.29, 0.717) is 39.4 Å². The molecule has 10 heteroatoms. The fraction of sp³-hybridized carbons (Fsp3) is 0.100. The van der Waals surface area contributed by atoms with Gasteiger partial charge in [0, 0.05) is 22.8 Å². The lowest BCUT2D eigenvalue weighted by molar-refractivity contribution is -0.137. The van der Waals surface area contributed by atoms with E-state index >= 15 is 0 Å². The Morgan fingerprint density at radius 2 is 1.73 bits per heavy atom. The number of para-hydroxylation sites is 1. The summed E-state index contributed by atoms with van der Waals surface area (Å²) in [6.45, 7) is 1.34. The average molecular weight is 546 g/mol. The first-order chi connectivity index (χ1) is 19.2. The van der Waals surface area contributed by atoms with Gasteiger partial charge in [0.2, 0.25) is 5.55 Å². The summed E-state index contributed by atoms with van der Waals surface area (Å²) in [5.41, 5.74) is 0.558. The van der Waals surface area contributed by atoms with Gasteiger partial charge in [-0.3, -0.25) is 9.78 Å². The number of benzene rings is 3. The van der Waals surface area contributed by atoms with E-state index in [1.807, 2.05) is 30.3 Å². The molecule has 0 atom stereocenters. The van der Waals surface area contributed by atoms with E-state index in [0.717, 1.165) is 12.1 Å². The number of hydrogen-bond donors (Lipinski definition) is 2. The summed E-state index contributed by atoms with van der Waals surface area (Å²) < 4.78 is 51.4. The van der Waals surface area contributed by atoms with E-state index in [4.69, 9.17) is 9.15 Å². The summed E-state index contributed by atoms with van der Waals surface area (Å²) in [6, 6.07) is 21.7. The molecule has 1 amide bonds. The van der Waals surface area contributed by atoms with Gasteiger partial charge in [-0.1, -0.05) is 24.3 Å². The number of carbonyl (C=O) groups excluding carboxylic acids is 1. The zero-order valence-electron chi connectivity index (χ0n) is 21.1. The minimum absolute atomic E-state index is 0.0465. The number of ether oxygens (including phenoxy) is 1. The first kappa shape index (κ1) is 26.6. The molecule has 5 aromatic rings. The van der Waals surface area contributed by atoms with Crippen LogP contribution in [0.5, 0.6) is 11.5 Å². The van der Waals surface area contributed by atoms with Crippen molar-refractivity contribution in [3.05, 3.63) is 119 Å². The van der Waals surface area contributed by atoms with Crippen molar-refractivity contribution in [3.63, 3.8) is 0 Å². The zero-order valence-corrected chi connectivity index (χ0v) is 21.1. The van der Waals surface area contributed by atoms with Crippen molar-refractivity contribution in [1.29, 1.82) is 0 Å². The Morgan fingerprint density at radius 3 is 2.42 bits per heavy atom. The lowest BCUT2D eigenvalue weighted by atomic mass is 10.1. The molecule has 2 heterocycles. The maximum absolute atomic E-state index is 13.4. The van der Waals surface area contributed by atoms with Crippen molar-refractivity contribution in [3.8, 4) is 11.5 Å². The molecule has 0 saturated carbocycles. The van der Waals surface area contributed by atoms with Crippen LogP contribution in [0.1, 0.15) is 27.2 Å². The Hall–Kier alpha value is -4.96. The van der Waals surface area contributed by atoms with Crippen molar-refractivity contribution >= 4 is 28.3 Å². The second-order valence-electron chi connectivity index (χ2n) is 8.79. The molecule has 7 nitrogen and oxygen atoms in total. The van der Waals surface area contributed by atoms with Crippen LogP contribution in [0.4, 0.5) is 24.5 Å². The molecule has 0 saturated heterocycles. The van der Waals surface area contributed by atoms with Crippen molar-refractivity contribution in [1.82, 2.24) is 4.98 Å². The van der Waals surface area contributed by atoms with Gasteiger partial charge in [-0.05, 0) is 67.6 Å². The summed E-state index contributed by atoms with van der Waals surface area (Å²) in [7, 11) is 0. The average Bonchev–Trinajstić information content (AvgIpc) is 2.94. The van der Waals surface area contributed by atoms with Crippen molar-refractivity contribution < 1.29 is 32.2 Å². The maximum atomic E-state index is 13.4. The minimum Gasteiger partial charge on any atom is -0.457 e. The van der Waals surface area contributed by atoms with Crippen LogP contribution in [0.25, 0.3) is 11.0 Å². The van der Waals surface area contributed by atoms with Gasteiger partial charge in [0.1, 0.15) is 17.1 Å². The molecule has 0 aliphatic heterocycles. The molecular weight excluding hydrogens is 523 g/mol. The fourth-order valence-corrected chi connectivity index (χ4v) is 3.96. The highest BCUT2D eigenvalue weighted by molar-refractivity contribution is 6.05. The van der Waals surface area contributed by atoms with Crippen molar-refractivity contribution in [2.45, 2.75) is 19.7 Å². The smallest absolute Gasteiger partial charge is 0.416 e. The number of halogens is 3. The molecule has 2 N–H and O–H groups in total. The van der Waals surface area contributed by atoms with Gasteiger partial charge in [-0.2, -0.15) is 13.2 Å². The molecule has 202 valence electrons. The monoisotopic (exact) mass is 545 g/mol. The molecule has 3 aromatic carbocycles. The van der Waals surface area contributed by atoms with Gasteiger partial charge >= 0.3 is 6.18 Å². The lowest BCUT2D eigenvalue weighted by Crippen LogP contribution is -2.22. The number of fused-ring (bicyclic) bond motifs is 1. The molecule has 0 aliphatic carbocycles. The molecule has 0 fully saturated rings. The van der Waals surface area contributed by atoms with Gasteiger partial charge < -0.3 is 19.6 Å². The highest BCUT2D eigenvalue weighted by Crippen LogP contribution is 2.31. The number of alkyl halides is 3. The van der Waals surface area contributed by atoms with Gasteiger partial charge in [-0.15, -0.1) is 0 Å². The first-order valence-electron chi connectivity index (χ1n) is 12.1. The number of hydrogen-bond acceptors (Lipinski definition) is 6. The number of carbonyl (C=O) groups is 1. The number of aromatic nitrogens is 1. The SMILES string of the molecule is Cc1ncc(CO)c2cc(C(=O)Nc3cccc(C(F)(F)F)c3)c(=Nc3ccc(Oc4ccccc4)cc3)oc12. The van der Waals surface area contributed by atoms with Crippen LogP contribution in [0, 0.1) is 6.92 Å². The molecule has 0 spiro atoms. The number of amides is 1. The Labute approximate surface area is 226 Å². The normalized spacial score (nSPS) is 12.0. The van der Waals surface area contributed by atoms with Crippen LogP contribution in [0.15, 0.2) is 101 Å². The third-order valence-electron chi connectivity index (χ3n) is 5.96. The molecule has 0 bridgehead atoms. The second kappa shape index (κ2) is 11.0. The van der Waals surface area contributed by atoms with Gasteiger partial charge in [0.05, 0.1) is 23.6 Å². The Balaban J connectivity index is 1.57. The number of pyridine rings is 1. The van der Waals surface area contributed by atoms with E-state index in [-0.39, 0.29) is 23.4 Å². The van der Waals surface area contributed by atoms with Crippen LogP contribution in [0.2, 0.25) is 0 Å². The van der Waals surface area contributed by atoms with Gasteiger partial charge in [0.25, 0.3) is 5.91 Å². The predicted molar refractivity (Wildman–Crippen MR) is 142 cm³/mol. The van der Waals surface area contributed by atoms with Gasteiger partial charge in [0.15, 0.2) is 5.58 Å². The van der Waals surface area contributed by atoms with E-state index in [2.05, 4.69) is 15.3 Å². The van der Waals surface area contributed by atoms with E-state index in [1.165, 1.54) is 24.4 Å². The van der Waals surface area contributed by atoms with Crippen LogP contribution in [-0.4, -0.2) is 16.0 Å². The van der Waals surface area contributed by atoms with Crippen molar-refractivity contribution in [2.75, 3.05) is 5.32 Å². The summed E-state index contributed by atoms with van der Waals surface area (Å²) in [6.07, 6.45) is -3.11. The molecule has 0 radical (unpaired) electrons. The number of nitrogens with one attached hydrogen (secondary N) is 1. The number of rotatable bonds is 6. The highest BCUT2D eigenvalue weighted by Gasteiger charge is 2.30. The third kappa shape index (κ3) is 5.87. The van der Waals surface area contributed by atoms with Crippen LogP contribution >= 0.6 is 0 Å². The fourth-order valence-electron chi connectivity index (χ4n) is 3.96. The minimum atomic E-state index is -4.57. The number of aryl methyl sites for hydroxylation is 1. The van der Waals surface area contributed by atoms with E-state index in [9.17, 15) is 23.1 Å². The molecule has 0 aliphatic rings. The molecule has 40 heavy (non-hydrogen) atoms. The van der Waals surface area contributed by atoms with E-state index in [1.54, 1.807) is 31.2 Å². The summed E-state index contributed by atoms with van der Waals surface area (Å²) >= 11 is 0. The standard InChI is InChI=1S/C30H22F3N3O4/c1-18-27-25(19(17-37)16-34-18)15-26(28(38)35-22-7-5-6-20(14-22)30(31,32)33)29(40-27)36-21-10-12-24(13-11-21)39-23-8-3-2-4-9-23/h2-16,37H,17H2,1H3,(H,35,38). The number of aliphatic hydroxyl groups excluding tert-OH is 1. The third-order valence-corrected chi connectivity index (χ3v) is 5.96. The number of aliphatic hydroxyl groups is 1. The van der Waals surface area contributed by atoms with Gasteiger partial charge in [-0.25, -0.2) is 4.99 Å². The number of anilines is 1. The summed E-state index contributed by atoms with van der Waals surface area (Å²) in [5, 5.41) is 12.7. The van der Waals surface area contributed by atoms with E-state index < -0.39 is 17.6 Å². The maximum Gasteiger partial charge on any atom is 0.416 e. The van der Waals surface area contributed by atoms with Crippen LogP contribution in [-0.2, 0) is 12.8 Å². The second-order valence-corrected chi connectivity index (χ2v) is 8.79. The predicted octanol–water partition coefficient (Wildman–Crippen LogP) is 6.92. The number of nitrogens with zero attached hydrogens (tertiary/aromatic N) is 2. The van der Waals surface area contributed by atoms with Crippen molar-refractivity contribution in [2.24, 2.45) is 4.99 Å². The topological polar surface area (TPSA) is 97.0 Å². The summed E-state index contributed by atoms with van der Waals surface area (Å²) in [4.78, 5) is 22.1. The molecular formula is C30H22F3N3O4. The lowest BCUT2D eigenvalue weighted by Gasteiger charge is -2.11. The Kier molecular flexibility index (Phi) is 7.35. The largest absolute Gasteiger partial charge is 0.457 e. The Bertz CT molecular complexity index is 1750. The summed E-state index contributed by atoms with van der Waals surface area (Å²) in [5.74, 6) is 0.481. The zero-order chi connectivity index (χ0) is 28.3. The molecule has 0 unspecified atom stereocenters. The Morgan fingerprint density at radius 1 is 1.00 bits per heavy atom. The quantitative estimate of drug-likeness (QED) is 0.241. The molecule has 5 rings (SSSR count).